The molecule has 27 heavy (non-hydrogen) atoms. The molecule has 1 aliphatic rings. The number of carboxylic acid groups (broad SMARTS) is 1. The van der Waals surface area contributed by atoms with Crippen LogP contribution in [0.25, 0.3) is 0 Å². The van der Waals surface area contributed by atoms with Crippen LogP contribution in [-0.4, -0.2) is 40.0 Å². The van der Waals surface area contributed by atoms with Crippen LogP contribution in [0.15, 0.2) is 48.7 Å². The van der Waals surface area contributed by atoms with Crippen molar-refractivity contribution in [3.05, 3.63) is 65.5 Å². The molecule has 1 aromatic carbocycles. The van der Waals surface area contributed by atoms with Gasteiger partial charge < -0.3 is 10.0 Å². The molecule has 0 saturated carbocycles. The van der Waals surface area contributed by atoms with Gasteiger partial charge in [0.1, 0.15) is 5.69 Å². The molecule has 1 fully saturated rings. The van der Waals surface area contributed by atoms with Crippen LogP contribution >= 0.6 is 0 Å². The van der Waals surface area contributed by atoms with E-state index in [4.69, 9.17) is 0 Å². The summed E-state index contributed by atoms with van der Waals surface area (Å²) in [5.74, 6) is -1.45. The van der Waals surface area contributed by atoms with Crippen LogP contribution in [0.3, 0.4) is 0 Å². The highest BCUT2D eigenvalue weighted by Crippen LogP contribution is 2.36. The number of hydrogen-bond acceptors (Lipinski definition) is 3. The Hall–Kier alpha value is -2.90. The van der Waals surface area contributed by atoms with Gasteiger partial charge in [0.25, 0.3) is 5.91 Å². The number of carbonyl (C=O) groups excluding carboxylic acids is 1. The lowest BCUT2D eigenvalue weighted by Crippen LogP contribution is -2.49. The molecular weight excluding hydrogens is 361 g/mol. The summed E-state index contributed by atoms with van der Waals surface area (Å²) in [5, 5.41) is 9.77. The molecule has 0 atom stereocenters. The first-order chi connectivity index (χ1) is 12.7. The van der Waals surface area contributed by atoms with Crippen molar-refractivity contribution in [2.45, 2.75) is 24.4 Å². The minimum Gasteiger partial charge on any atom is -0.481 e. The molecule has 1 aliphatic heterocycles. The van der Waals surface area contributed by atoms with Crippen molar-refractivity contribution in [2.24, 2.45) is 0 Å². The predicted molar refractivity (Wildman–Crippen MR) is 90.1 cm³/mol. The fourth-order valence-corrected chi connectivity index (χ4v) is 3.32. The third-order valence-corrected chi connectivity index (χ3v) is 4.95. The topological polar surface area (TPSA) is 70.5 Å². The second-order valence-electron chi connectivity index (χ2n) is 6.48. The van der Waals surface area contributed by atoms with Gasteiger partial charge >= 0.3 is 12.1 Å². The number of amides is 1. The summed E-state index contributed by atoms with van der Waals surface area (Å²) in [7, 11) is 0. The second kappa shape index (κ2) is 7.02. The fourth-order valence-electron chi connectivity index (χ4n) is 3.32. The predicted octanol–water partition coefficient (Wildman–Crippen LogP) is 3.36. The van der Waals surface area contributed by atoms with Crippen molar-refractivity contribution >= 4 is 11.9 Å². The van der Waals surface area contributed by atoms with Crippen LogP contribution in [0.1, 0.15) is 34.5 Å². The minimum absolute atomic E-state index is 0.0921. The summed E-state index contributed by atoms with van der Waals surface area (Å²) in [6.45, 7) is 0.367. The second-order valence-corrected chi connectivity index (χ2v) is 6.48. The quantitative estimate of drug-likeness (QED) is 0.889. The lowest BCUT2D eigenvalue weighted by atomic mass is 9.73. The largest absolute Gasteiger partial charge is 0.481 e. The van der Waals surface area contributed by atoms with Crippen LogP contribution in [0, 0.1) is 0 Å². The molecule has 0 bridgehead atoms. The number of hydrogen-bond donors (Lipinski definition) is 1. The molecule has 1 aromatic heterocycles. The van der Waals surface area contributed by atoms with Crippen LogP contribution in [0.4, 0.5) is 13.2 Å². The Balaban J connectivity index is 1.75. The Labute approximate surface area is 153 Å². The third-order valence-electron chi connectivity index (χ3n) is 4.95. The molecule has 0 radical (unpaired) electrons. The normalized spacial score (nSPS) is 16.8. The van der Waals surface area contributed by atoms with Crippen LogP contribution in [0.2, 0.25) is 0 Å². The molecule has 2 heterocycles. The standard InChI is InChI=1S/C19H17F3N2O3/c20-19(21,22)14-6-7-15(23-12-14)16(25)24-10-8-18(9-11-24,17(26)27)13-4-2-1-3-5-13/h1-7,12H,8-11H2,(H,26,27). The van der Waals surface area contributed by atoms with Crippen molar-refractivity contribution in [1.29, 1.82) is 0 Å². The third kappa shape index (κ3) is 3.65. The Bertz CT molecular complexity index is 828. The maximum absolute atomic E-state index is 12.6. The Morgan fingerprint density at radius 3 is 2.15 bits per heavy atom. The molecular formula is C19H17F3N2O3. The van der Waals surface area contributed by atoms with Gasteiger partial charge in [0.2, 0.25) is 0 Å². The number of pyridine rings is 1. The molecule has 0 aliphatic carbocycles. The van der Waals surface area contributed by atoms with Crippen LogP contribution in [-0.2, 0) is 16.4 Å². The molecule has 8 heteroatoms. The van der Waals surface area contributed by atoms with Crippen molar-refractivity contribution in [1.82, 2.24) is 9.88 Å². The van der Waals surface area contributed by atoms with Crippen molar-refractivity contribution in [2.75, 3.05) is 13.1 Å². The first kappa shape index (κ1) is 18.9. The Morgan fingerprint density at radius 1 is 1.04 bits per heavy atom. The van der Waals surface area contributed by atoms with Gasteiger partial charge in [-0.05, 0) is 30.5 Å². The average Bonchev–Trinajstić information content (AvgIpc) is 2.67. The molecule has 5 nitrogen and oxygen atoms in total. The maximum Gasteiger partial charge on any atom is 0.417 e. The van der Waals surface area contributed by atoms with E-state index in [2.05, 4.69) is 4.98 Å². The van der Waals surface area contributed by atoms with Crippen LogP contribution < -0.4 is 0 Å². The highest BCUT2D eigenvalue weighted by Gasteiger charge is 2.44. The van der Waals surface area contributed by atoms with Gasteiger partial charge in [-0.1, -0.05) is 30.3 Å². The molecule has 3 rings (SSSR count). The molecule has 1 amide bonds. The zero-order valence-electron chi connectivity index (χ0n) is 14.2. The molecule has 0 spiro atoms. The number of alkyl halides is 3. The molecule has 0 unspecified atom stereocenters. The van der Waals surface area contributed by atoms with E-state index in [1.807, 2.05) is 0 Å². The SMILES string of the molecule is O=C(c1ccc(C(F)(F)F)cn1)N1CCC(C(=O)O)(c2ccccc2)CC1. The molecule has 1 N–H and O–H groups in total. The Kier molecular flexibility index (Phi) is 4.91. The fraction of sp³-hybridized carbons (Fsp3) is 0.316. The summed E-state index contributed by atoms with van der Waals surface area (Å²) in [6.07, 6.45) is -3.45. The summed E-state index contributed by atoms with van der Waals surface area (Å²) in [4.78, 5) is 29.5. The van der Waals surface area contributed by atoms with Gasteiger partial charge in [-0.15, -0.1) is 0 Å². The number of carboxylic acids is 1. The Morgan fingerprint density at radius 2 is 1.67 bits per heavy atom. The van der Waals surface area contributed by atoms with E-state index in [9.17, 15) is 27.9 Å². The number of piperidine rings is 1. The van der Waals surface area contributed by atoms with Gasteiger partial charge in [0.15, 0.2) is 0 Å². The van der Waals surface area contributed by atoms with E-state index in [1.165, 1.54) is 4.90 Å². The lowest BCUT2D eigenvalue weighted by Gasteiger charge is -2.39. The number of carbonyl (C=O) groups is 2. The summed E-state index contributed by atoms with van der Waals surface area (Å²) in [5.41, 5.74) is -1.42. The van der Waals surface area contributed by atoms with E-state index in [0.29, 0.717) is 11.8 Å². The minimum atomic E-state index is -4.52. The monoisotopic (exact) mass is 378 g/mol. The average molecular weight is 378 g/mol. The number of halogens is 3. The molecule has 142 valence electrons. The summed E-state index contributed by atoms with van der Waals surface area (Å²) >= 11 is 0. The highest BCUT2D eigenvalue weighted by molar-refractivity contribution is 5.92. The van der Waals surface area contributed by atoms with E-state index in [-0.39, 0.29) is 31.6 Å². The van der Waals surface area contributed by atoms with Gasteiger partial charge in [0.05, 0.1) is 11.0 Å². The maximum atomic E-state index is 12.6. The van der Waals surface area contributed by atoms with Crippen molar-refractivity contribution < 1.29 is 27.9 Å². The number of nitrogens with zero attached hydrogens (tertiary/aromatic N) is 2. The first-order valence-electron chi connectivity index (χ1n) is 8.35. The number of aliphatic carboxylic acids is 1. The van der Waals surface area contributed by atoms with Crippen LogP contribution in [0.5, 0.6) is 0 Å². The van der Waals surface area contributed by atoms with Gasteiger partial charge in [0, 0.05) is 19.3 Å². The number of rotatable bonds is 3. The highest BCUT2D eigenvalue weighted by atomic mass is 19.4. The summed E-state index contributed by atoms with van der Waals surface area (Å²) in [6, 6.07) is 10.7. The van der Waals surface area contributed by atoms with E-state index >= 15 is 0 Å². The first-order valence-corrected chi connectivity index (χ1v) is 8.35. The zero-order valence-corrected chi connectivity index (χ0v) is 14.2. The van der Waals surface area contributed by atoms with E-state index in [1.54, 1.807) is 30.3 Å². The van der Waals surface area contributed by atoms with Crippen molar-refractivity contribution in [3.8, 4) is 0 Å². The van der Waals surface area contributed by atoms with Gasteiger partial charge in [-0.25, -0.2) is 0 Å². The van der Waals surface area contributed by atoms with E-state index in [0.717, 1.165) is 12.1 Å². The van der Waals surface area contributed by atoms with E-state index < -0.39 is 29.0 Å². The smallest absolute Gasteiger partial charge is 0.417 e. The van der Waals surface area contributed by atoms with Gasteiger partial charge in [-0.2, -0.15) is 13.2 Å². The van der Waals surface area contributed by atoms with Gasteiger partial charge in [-0.3, -0.25) is 14.6 Å². The number of benzene rings is 1. The lowest BCUT2D eigenvalue weighted by molar-refractivity contribution is -0.145. The molecule has 2 aromatic rings. The summed E-state index contributed by atoms with van der Waals surface area (Å²) < 4.78 is 37.8. The van der Waals surface area contributed by atoms with Crippen molar-refractivity contribution in [3.63, 3.8) is 0 Å². The molecule has 1 saturated heterocycles. The number of likely N-dealkylation sites (tertiary alicyclic amines) is 1. The number of aromatic nitrogens is 1. The zero-order chi connectivity index (χ0) is 19.7.